The molecule has 1 atom stereocenters. The first-order chi connectivity index (χ1) is 9.11. The van der Waals surface area contributed by atoms with Crippen LogP contribution in [0.25, 0.3) is 0 Å². The van der Waals surface area contributed by atoms with E-state index in [2.05, 4.69) is 12.1 Å². The van der Waals surface area contributed by atoms with Gasteiger partial charge in [-0.3, -0.25) is 0 Å². The summed E-state index contributed by atoms with van der Waals surface area (Å²) < 4.78 is 0. The fourth-order valence-electron chi connectivity index (χ4n) is 3.01. The molecule has 0 bridgehead atoms. The molecule has 2 heterocycles. The van der Waals surface area contributed by atoms with Crippen molar-refractivity contribution in [3.05, 3.63) is 0 Å². The smallest absolute Gasteiger partial charge is 0.320 e. The van der Waals surface area contributed by atoms with E-state index in [1.54, 1.807) is 0 Å². The Bertz CT molecular complexity index is 351. The van der Waals surface area contributed by atoms with E-state index < -0.39 is 0 Å². The molecule has 0 aromatic carbocycles. The lowest BCUT2D eigenvalue weighted by Gasteiger charge is -2.38. The third-order valence-electron chi connectivity index (χ3n) is 4.23. The van der Waals surface area contributed by atoms with Crippen molar-refractivity contribution in [2.45, 2.75) is 32.6 Å². The number of rotatable bonds is 1. The summed E-state index contributed by atoms with van der Waals surface area (Å²) in [6.07, 6.45) is 3.89. The molecular formula is C13H24N4O2. The van der Waals surface area contributed by atoms with E-state index in [1.807, 2.05) is 9.80 Å². The van der Waals surface area contributed by atoms with Crippen LogP contribution in [0.5, 0.6) is 0 Å². The highest BCUT2D eigenvalue weighted by atomic mass is 16.4. The highest BCUT2D eigenvalue weighted by Crippen LogP contribution is 2.21. The topological polar surface area (TPSA) is 82.2 Å². The van der Waals surface area contributed by atoms with Crippen molar-refractivity contribution >= 4 is 11.9 Å². The molecular weight excluding hydrogens is 244 g/mol. The van der Waals surface area contributed by atoms with Gasteiger partial charge in [-0.05, 0) is 31.6 Å². The lowest BCUT2D eigenvalue weighted by molar-refractivity contribution is 0.120. The van der Waals surface area contributed by atoms with Crippen LogP contribution in [0, 0.1) is 11.8 Å². The number of urea groups is 1. The van der Waals surface area contributed by atoms with Gasteiger partial charge in [0.15, 0.2) is 0 Å². The Morgan fingerprint density at radius 3 is 2.47 bits per heavy atom. The average molecular weight is 268 g/mol. The van der Waals surface area contributed by atoms with E-state index in [0.717, 1.165) is 32.4 Å². The van der Waals surface area contributed by atoms with Crippen LogP contribution < -0.4 is 5.73 Å². The van der Waals surface area contributed by atoms with Crippen molar-refractivity contribution < 1.29 is 10.0 Å². The summed E-state index contributed by atoms with van der Waals surface area (Å²) >= 11 is 0. The van der Waals surface area contributed by atoms with E-state index in [0.29, 0.717) is 24.8 Å². The summed E-state index contributed by atoms with van der Waals surface area (Å²) in [5.41, 5.74) is 5.62. The zero-order chi connectivity index (χ0) is 13.8. The van der Waals surface area contributed by atoms with Gasteiger partial charge in [0.2, 0.25) is 0 Å². The molecule has 0 aromatic heterocycles. The van der Waals surface area contributed by atoms with E-state index in [9.17, 15) is 4.79 Å². The molecule has 108 valence electrons. The maximum atomic E-state index is 12.4. The Morgan fingerprint density at radius 1 is 1.21 bits per heavy atom. The lowest BCUT2D eigenvalue weighted by atomic mass is 9.96. The standard InChI is InChI=1S/C13H24N4O2/c1-10-3-2-6-17(9-10)13(18)16-7-4-11(5-8-16)12(14)15-19/h10-11,19H,2-9H2,1H3,(H2,14,15). The molecule has 0 aliphatic carbocycles. The first kappa shape index (κ1) is 14.0. The molecule has 3 N–H and O–H groups in total. The van der Waals surface area contributed by atoms with Crippen molar-refractivity contribution in [1.29, 1.82) is 0 Å². The van der Waals surface area contributed by atoms with Gasteiger partial charge >= 0.3 is 6.03 Å². The van der Waals surface area contributed by atoms with Crippen LogP contribution in [0.15, 0.2) is 5.16 Å². The van der Waals surface area contributed by atoms with Gasteiger partial charge in [0.25, 0.3) is 0 Å². The van der Waals surface area contributed by atoms with Crippen LogP contribution in [-0.2, 0) is 0 Å². The highest BCUT2D eigenvalue weighted by Gasteiger charge is 2.29. The first-order valence-electron chi connectivity index (χ1n) is 7.13. The number of piperidine rings is 2. The lowest BCUT2D eigenvalue weighted by Crippen LogP contribution is -2.50. The highest BCUT2D eigenvalue weighted by molar-refractivity contribution is 5.82. The Labute approximate surface area is 114 Å². The number of carbonyl (C=O) groups is 1. The molecule has 0 spiro atoms. The van der Waals surface area contributed by atoms with Gasteiger partial charge in [0.05, 0.1) is 0 Å². The maximum Gasteiger partial charge on any atom is 0.320 e. The third-order valence-corrected chi connectivity index (χ3v) is 4.23. The number of amides is 2. The van der Waals surface area contributed by atoms with Gasteiger partial charge in [-0.25, -0.2) is 4.79 Å². The summed E-state index contributed by atoms with van der Waals surface area (Å²) in [5, 5.41) is 11.7. The van der Waals surface area contributed by atoms with Crippen LogP contribution in [-0.4, -0.2) is 53.1 Å². The number of oxime groups is 1. The largest absolute Gasteiger partial charge is 0.409 e. The van der Waals surface area contributed by atoms with Crippen molar-refractivity contribution in [3.63, 3.8) is 0 Å². The fourth-order valence-corrected chi connectivity index (χ4v) is 3.01. The van der Waals surface area contributed by atoms with E-state index in [-0.39, 0.29) is 11.9 Å². The third kappa shape index (κ3) is 3.30. The SMILES string of the molecule is CC1CCCN(C(=O)N2CCC(C(N)=NO)CC2)C1. The Kier molecular flexibility index (Phi) is 4.50. The Balaban J connectivity index is 1.85. The molecule has 6 nitrogen and oxygen atoms in total. The van der Waals surface area contributed by atoms with E-state index in [4.69, 9.17) is 10.9 Å². The second-order valence-electron chi connectivity index (χ2n) is 5.76. The molecule has 0 radical (unpaired) electrons. The van der Waals surface area contributed by atoms with Crippen molar-refractivity contribution in [3.8, 4) is 0 Å². The van der Waals surface area contributed by atoms with Gasteiger partial charge in [-0.2, -0.15) is 0 Å². The zero-order valence-corrected chi connectivity index (χ0v) is 11.6. The maximum absolute atomic E-state index is 12.4. The molecule has 2 rings (SSSR count). The van der Waals surface area contributed by atoms with Crippen LogP contribution in [0.2, 0.25) is 0 Å². The summed E-state index contributed by atoms with van der Waals surface area (Å²) in [5.74, 6) is 1.00. The predicted octanol–water partition coefficient (Wildman–Crippen LogP) is 1.30. The van der Waals surface area contributed by atoms with E-state index in [1.165, 1.54) is 6.42 Å². The van der Waals surface area contributed by atoms with Crippen molar-refractivity contribution in [2.75, 3.05) is 26.2 Å². The van der Waals surface area contributed by atoms with Crippen molar-refractivity contribution in [2.24, 2.45) is 22.7 Å². The predicted molar refractivity (Wildman–Crippen MR) is 73.1 cm³/mol. The van der Waals surface area contributed by atoms with Crippen LogP contribution >= 0.6 is 0 Å². The summed E-state index contributed by atoms with van der Waals surface area (Å²) in [6.45, 7) is 5.35. The van der Waals surface area contributed by atoms with E-state index >= 15 is 0 Å². The molecule has 2 amide bonds. The van der Waals surface area contributed by atoms with Gasteiger partial charge in [-0.1, -0.05) is 12.1 Å². The number of hydrogen-bond donors (Lipinski definition) is 2. The van der Waals surface area contributed by atoms with Gasteiger partial charge in [0.1, 0.15) is 5.84 Å². The average Bonchev–Trinajstić information content (AvgIpc) is 2.46. The molecule has 2 fully saturated rings. The number of likely N-dealkylation sites (tertiary alicyclic amines) is 2. The molecule has 6 heteroatoms. The summed E-state index contributed by atoms with van der Waals surface area (Å²) in [4.78, 5) is 16.3. The normalized spacial score (nSPS) is 26.6. The number of carbonyl (C=O) groups excluding carboxylic acids is 1. The molecule has 2 aliphatic heterocycles. The van der Waals surface area contributed by atoms with Gasteiger partial charge in [-0.15, -0.1) is 0 Å². The minimum absolute atomic E-state index is 0.106. The minimum Gasteiger partial charge on any atom is -0.409 e. The molecule has 2 saturated heterocycles. The second kappa shape index (κ2) is 6.12. The number of nitrogens with two attached hydrogens (primary N) is 1. The minimum atomic E-state index is 0.106. The Hall–Kier alpha value is -1.46. The van der Waals surface area contributed by atoms with Crippen LogP contribution in [0.3, 0.4) is 0 Å². The number of nitrogens with zero attached hydrogens (tertiary/aromatic N) is 3. The van der Waals surface area contributed by atoms with Gasteiger partial charge < -0.3 is 20.7 Å². The summed E-state index contributed by atoms with van der Waals surface area (Å²) in [7, 11) is 0. The summed E-state index contributed by atoms with van der Waals surface area (Å²) in [6, 6.07) is 0.157. The number of hydrogen-bond acceptors (Lipinski definition) is 3. The van der Waals surface area contributed by atoms with Gasteiger partial charge in [0, 0.05) is 32.1 Å². The van der Waals surface area contributed by atoms with Crippen LogP contribution in [0.1, 0.15) is 32.6 Å². The molecule has 0 aromatic rings. The monoisotopic (exact) mass is 268 g/mol. The first-order valence-corrected chi connectivity index (χ1v) is 7.13. The van der Waals surface area contributed by atoms with Crippen molar-refractivity contribution in [1.82, 2.24) is 9.80 Å². The molecule has 2 aliphatic rings. The second-order valence-corrected chi connectivity index (χ2v) is 5.76. The van der Waals surface area contributed by atoms with Crippen LogP contribution in [0.4, 0.5) is 4.79 Å². The fraction of sp³-hybridized carbons (Fsp3) is 0.846. The quantitative estimate of drug-likeness (QED) is 0.325. The Morgan fingerprint density at radius 2 is 1.89 bits per heavy atom. The zero-order valence-electron chi connectivity index (χ0n) is 11.6. The molecule has 19 heavy (non-hydrogen) atoms. The molecule has 1 unspecified atom stereocenters. The molecule has 0 saturated carbocycles. The number of amidine groups is 1.